The molecule has 112 valence electrons. The summed E-state index contributed by atoms with van der Waals surface area (Å²) in [5.41, 5.74) is 0.265. The van der Waals surface area contributed by atoms with E-state index in [4.69, 9.17) is 0 Å². The highest BCUT2D eigenvalue weighted by Crippen LogP contribution is 2.20. The first kappa shape index (κ1) is 16.7. The second-order valence-electron chi connectivity index (χ2n) is 4.73. The van der Waals surface area contributed by atoms with Crippen molar-refractivity contribution >= 4 is 27.6 Å². The lowest BCUT2D eigenvalue weighted by Crippen LogP contribution is -2.30. The molecule has 1 heterocycles. The number of esters is 1. The second kappa shape index (κ2) is 7.42. The fourth-order valence-corrected chi connectivity index (χ4v) is 2.03. The van der Waals surface area contributed by atoms with Gasteiger partial charge in [-0.25, -0.2) is 4.68 Å². The van der Waals surface area contributed by atoms with Crippen molar-refractivity contribution in [2.45, 2.75) is 39.8 Å². The number of carbonyl (C=O) groups is 1. The molecular weight excluding hydrogens is 326 g/mol. The maximum atomic E-state index is 12.1. The summed E-state index contributed by atoms with van der Waals surface area (Å²) in [4.78, 5) is 23.3. The molecule has 1 N–H and O–H groups in total. The van der Waals surface area contributed by atoms with Gasteiger partial charge in [0.25, 0.3) is 5.56 Å². The summed E-state index contributed by atoms with van der Waals surface area (Å²) >= 11 is 3.25. The van der Waals surface area contributed by atoms with Gasteiger partial charge in [-0.05, 0) is 28.8 Å². The molecule has 0 aromatic carbocycles. The molecule has 0 saturated heterocycles. The first-order chi connectivity index (χ1) is 9.40. The van der Waals surface area contributed by atoms with E-state index in [2.05, 4.69) is 51.9 Å². The first-order valence-electron chi connectivity index (χ1n) is 6.49. The van der Waals surface area contributed by atoms with Crippen molar-refractivity contribution in [3.05, 3.63) is 21.0 Å². The largest absolute Gasteiger partial charge is 0.468 e. The molecule has 0 spiro atoms. The van der Waals surface area contributed by atoms with E-state index in [1.54, 1.807) is 0 Å². The number of nitrogens with zero attached hydrogens (tertiary/aromatic N) is 2. The number of ether oxygens (including phenoxy) is 1. The fourth-order valence-electron chi connectivity index (χ4n) is 1.61. The molecule has 20 heavy (non-hydrogen) atoms. The van der Waals surface area contributed by atoms with Crippen LogP contribution >= 0.6 is 15.9 Å². The summed E-state index contributed by atoms with van der Waals surface area (Å²) in [5.74, 6) is -0.0421. The molecule has 0 aliphatic rings. The van der Waals surface area contributed by atoms with E-state index >= 15 is 0 Å². The van der Waals surface area contributed by atoms with E-state index in [0.717, 1.165) is 11.1 Å². The predicted octanol–water partition coefficient (Wildman–Crippen LogP) is 2.03. The van der Waals surface area contributed by atoms with Crippen molar-refractivity contribution in [2.75, 3.05) is 12.4 Å². The maximum Gasteiger partial charge on any atom is 0.327 e. The van der Waals surface area contributed by atoms with Crippen LogP contribution in [-0.2, 0) is 16.1 Å². The van der Waals surface area contributed by atoms with Crippen LogP contribution in [0.5, 0.6) is 0 Å². The molecule has 0 radical (unpaired) electrons. The van der Waals surface area contributed by atoms with Gasteiger partial charge in [0.1, 0.15) is 11.0 Å². The fraction of sp³-hybridized carbons (Fsp3) is 0.615. The van der Waals surface area contributed by atoms with E-state index in [1.165, 1.54) is 13.3 Å². The Morgan fingerprint density at radius 2 is 2.20 bits per heavy atom. The number of methoxy groups -OCH3 is 1. The molecule has 1 rings (SSSR count). The summed E-state index contributed by atoms with van der Waals surface area (Å²) < 4.78 is 5.95. The van der Waals surface area contributed by atoms with E-state index < -0.39 is 5.97 Å². The minimum Gasteiger partial charge on any atom is -0.468 e. The molecule has 0 aliphatic heterocycles. The van der Waals surface area contributed by atoms with Crippen LogP contribution < -0.4 is 10.9 Å². The number of hydrogen-bond acceptors (Lipinski definition) is 5. The summed E-state index contributed by atoms with van der Waals surface area (Å²) in [7, 11) is 1.27. The van der Waals surface area contributed by atoms with E-state index in [1.807, 2.05) is 0 Å². The highest BCUT2D eigenvalue weighted by molar-refractivity contribution is 9.10. The van der Waals surface area contributed by atoms with Gasteiger partial charge >= 0.3 is 5.97 Å². The van der Waals surface area contributed by atoms with Crippen LogP contribution in [0, 0.1) is 5.92 Å². The van der Waals surface area contributed by atoms with Gasteiger partial charge in [0, 0.05) is 6.04 Å². The molecule has 6 nitrogen and oxygen atoms in total. The number of hydrogen-bond donors (Lipinski definition) is 1. The smallest absolute Gasteiger partial charge is 0.327 e. The van der Waals surface area contributed by atoms with Gasteiger partial charge < -0.3 is 10.1 Å². The molecular formula is C13H20BrN3O3. The third-order valence-corrected chi connectivity index (χ3v) is 4.14. The summed E-state index contributed by atoms with van der Waals surface area (Å²) in [6.45, 7) is 6.11. The van der Waals surface area contributed by atoms with Crippen LogP contribution in [0.15, 0.2) is 15.5 Å². The van der Waals surface area contributed by atoms with Crippen LogP contribution in [0.2, 0.25) is 0 Å². The van der Waals surface area contributed by atoms with E-state index in [0.29, 0.717) is 16.1 Å². The van der Waals surface area contributed by atoms with Crippen LogP contribution in [-0.4, -0.2) is 28.9 Å². The Hall–Kier alpha value is -1.37. The van der Waals surface area contributed by atoms with E-state index in [9.17, 15) is 9.59 Å². The van der Waals surface area contributed by atoms with Crippen molar-refractivity contribution in [1.82, 2.24) is 9.78 Å². The third kappa shape index (κ3) is 4.06. The van der Waals surface area contributed by atoms with Gasteiger partial charge in [0.2, 0.25) is 0 Å². The molecule has 0 amide bonds. The highest BCUT2D eigenvalue weighted by Gasteiger charge is 2.15. The summed E-state index contributed by atoms with van der Waals surface area (Å²) in [6.07, 6.45) is 2.58. The monoisotopic (exact) mass is 345 g/mol. The van der Waals surface area contributed by atoms with Crippen molar-refractivity contribution in [3.8, 4) is 0 Å². The number of carbonyl (C=O) groups excluding carboxylic acids is 1. The Kier molecular flexibility index (Phi) is 6.19. The quantitative estimate of drug-likeness (QED) is 0.798. The van der Waals surface area contributed by atoms with Crippen molar-refractivity contribution < 1.29 is 9.53 Å². The summed E-state index contributed by atoms with van der Waals surface area (Å²) in [6, 6.07) is 0.217. The number of anilines is 1. The number of halogens is 1. The van der Waals surface area contributed by atoms with Crippen molar-refractivity contribution in [2.24, 2.45) is 5.92 Å². The van der Waals surface area contributed by atoms with Crippen LogP contribution in [0.25, 0.3) is 0 Å². The Morgan fingerprint density at radius 3 is 2.75 bits per heavy atom. The molecule has 2 atom stereocenters. The number of nitrogens with one attached hydrogen (secondary N) is 1. The maximum absolute atomic E-state index is 12.1. The molecule has 2 unspecified atom stereocenters. The first-order valence-corrected chi connectivity index (χ1v) is 7.28. The molecule has 7 heteroatoms. The highest BCUT2D eigenvalue weighted by atomic mass is 79.9. The van der Waals surface area contributed by atoms with Crippen LogP contribution in [0.3, 0.4) is 0 Å². The van der Waals surface area contributed by atoms with Crippen molar-refractivity contribution in [3.63, 3.8) is 0 Å². The van der Waals surface area contributed by atoms with Crippen LogP contribution in [0.4, 0.5) is 5.69 Å². The lowest BCUT2D eigenvalue weighted by Gasteiger charge is -2.21. The standard InChI is InChI=1S/C13H20BrN3O3/c1-5-8(2)9(3)16-10-6-15-17(7-11(18)20-4)13(19)12(10)14/h6,8-9,16H,5,7H2,1-4H3. The van der Waals surface area contributed by atoms with Gasteiger partial charge in [-0.2, -0.15) is 5.10 Å². The van der Waals surface area contributed by atoms with Gasteiger partial charge in [0.05, 0.1) is 19.0 Å². The zero-order valence-corrected chi connectivity index (χ0v) is 13.7. The number of rotatable bonds is 6. The topological polar surface area (TPSA) is 73.2 Å². The molecule has 0 fully saturated rings. The molecule has 0 saturated carbocycles. The van der Waals surface area contributed by atoms with Crippen molar-refractivity contribution in [1.29, 1.82) is 0 Å². The minimum atomic E-state index is -0.514. The Bertz CT molecular complexity index is 530. The zero-order chi connectivity index (χ0) is 15.3. The van der Waals surface area contributed by atoms with E-state index in [-0.39, 0.29) is 18.1 Å². The molecule has 0 bridgehead atoms. The number of aromatic nitrogens is 2. The van der Waals surface area contributed by atoms with Gasteiger partial charge in [0.15, 0.2) is 0 Å². The zero-order valence-electron chi connectivity index (χ0n) is 12.1. The average Bonchev–Trinajstić information content (AvgIpc) is 2.45. The lowest BCUT2D eigenvalue weighted by atomic mass is 10.0. The normalized spacial score (nSPS) is 13.7. The third-order valence-electron chi connectivity index (χ3n) is 3.37. The molecule has 1 aromatic heterocycles. The Morgan fingerprint density at radius 1 is 1.55 bits per heavy atom. The predicted molar refractivity (Wildman–Crippen MR) is 80.8 cm³/mol. The SMILES string of the molecule is CCC(C)C(C)Nc1cnn(CC(=O)OC)c(=O)c1Br. The lowest BCUT2D eigenvalue weighted by molar-refractivity contribution is -0.141. The van der Waals surface area contributed by atoms with Gasteiger partial charge in [-0.1, -0.05) is 20.3 Å². The average molecular weight is 346 g/mol. The van der Waals surface area contributed by atoms with Crippen LogP contribution in [0.1, 0.15) is 27.2 Å². The second-order valence-corrected chi connectivity index (χ2v) is 5.52. The summed E-state index contributed by atoms with van der Waals surface area (Å²) in [5, 5.41) is 7.23. The molecule has 0 aliphatic carbocycles. The van der Waals surface area contributed by atoms with Gasteiger partial charge in [-0.15, -0.1) is 0 Å². The Labute approximate surface area is 126 Å². The minimum absolute atomic E-state index is 0.199. The Balaban J connectivity index is 2.94. The van der Waals surface area contributed by atoms with Gasteiger partial charge in [-0.3, -0.25) is 9.59 Å². The molecule has 1 aromatic rings.